The molecule has 6 heteroatoms. The summed E-state index contributed by atoms with van der Waals surface area (Å²) in [5, 5.41) is 0. The maximum atomic E-state index is 11.7. The second kappa shape index (κ2) is 6.73. The van der Waals surface area contributed by atoms with Crippen LogP contribution in [0.2, 0.25) is 0 Å². The third-order valence-corrected chi connectivity index (χ3v) is 6.02. The Labute approximate surface area is 123 Å². The highest BCUT2D eigenvalue weighted by Crippen LogP contribution is 2.23. The van der Waals surface area contributed by atoms with E-state index < -0.39 is 10.0 Å². The number of hydrogen-bond acceptors (Lipinski definition) is 4. The van der Waals surface area contributed by atoms with Crippen molar-refractivity contribution >= 4 is 10.0 Å². The SMILES string of the molecule is CC(N)C1CCCN(CC2CCCN(S(C)(=O)=O)C2)C1. The third-order valence-electron chi connectivity index (χ3n) is 4.75. The van der Waals surface area contributed by atoms with Gasteiger partial charge in [-0.15, -0.1) is 0 Å². The van der Waals surface area contributed by atoms with Crippen LogP contribution in [0.5, 0.6) is 0 Å². The molecule has 2 heterocycles. The third kappa shape index (κ3) is 4.41. The van der Waals surface area contributed by atoms with E-state index in [1.54, 1.807) is 4.31 Å². The van der Waals surface area contributed by atoms with Gasteiger partial charge in [0.2, 0.25) is 10.0 Å². The lowest BCUT2D eigenvalue weighted by Crippen LogP contribution is -2.47. The van der Waals surface area contributed by atoms with E-state index in [1.165, 1.54) is 19.1 Å². The molecular formula is C14H29N3O2S. The van der Waals surface area contributed by atoms with Crippen LogP contribution in [-0.2, 0) is 10.0 Å². The van der Waals surface area contributed by atoms with E-state index in [2.05, 4.69) is 11.8 Å². The van der Waals surface area contributed by atoms with Gasteiger partial charge >= 0.3 is 0 Å². The van der Waals surface area contributed by atoms with Gasteiger partial charge in [0.1, 0.15) is 0 Å². The lowest BCUT2D eigenvalue weighted by molar-refractivity contribution is 0.120. The Hall–Kier alpha value is -0.170. The summed E-state index contributed by atoms with van der Waals surface area (Å²) in [4.78, 5) is 2.49. The Kier molecular flexibility index (Phi) is 5.45. The molecule has 0 amide bonds. The molecule has 0 aliphatic carbocycles. The van der Waals surface area contributed by atoms with Crippen LogP contribution in [0.1, 0.15) is 32.6 Å². The molecule has 3 unspecified atom stereocenters. The van der Waals surface area contributed by atoms with Crippen molar-refractivity contribution in [2.75, 3.05) is 39.0 Å². The van der Waals surface area contributed by atoms with Gasteiger partial charge in [-0.25, -0.2) is 12.7 Å². The molecule has 2 saturated heterocycles. The maximum Gasteiger partial charge on any atom is 0.211 e. The highest BCUT2D eigenvalue weighted by molar-refractivity contribution is 7.88. The second-order valence-electron chi connectivity index (χ2n) is 6.65. The molecule has 2 aliphatic heterocycles. The zero-order valence-electron chi connectivity index (χ0n) is 12.8. The summed E-state index contributed by atoms with van der Waals surface area (Å²) in [5.74, 6) is 1.07. The molecule has 2 rings (SSSR count). The van der Waals surface area contributed by atoms with Crippen molar-refractivity contribution in [2.45, 2.75) is 38.6 Å². The number of sulfonamides is 1. The minimum Gasteiger partial charge on any atom is -0.328 e. The minimum atomic E-state index is -3.03. The zero-order valence-corrected chi connectivity index (χ0v) is 13.6. The Morgan fingerprint density at radius 3 is 2.55 bits per heavy atom. The highest BCUT2D eigenvalue weighted by atomic mass is 32.2. The summed E-state index contributed by atoms with van der Waals surface area (Å²) in [6, 6.07) is 0.261. The normalized spacial score (nSPS) is 32.1. The first-order valence-electron chi connectivity index (χ1n) is 7.79. The van der Waals surface area contributed by atoms with Crippen molar-refractivity contribution in [3.8, 4) is 0 Å². The van der Waals surface area contributed by atoms with Crippen molar-refractivity contribution in [3.05, 3.63) is 0 Å². The lowest BCUT2D eigenvalue weighted by Gasteiger charge is -2.39. The number of hydrogen-bond donors (Lipinski definition) is 1. The fourth-order valence-electron chi connectivity index (χ4n) is 3.53. The van der Waals surface area contributed by atoms with Crippen molar-refractivity contribution in [2.24, 2.45) is 17.6 Å². The van der Waals surface area contributed by atoms with Gasteiger partial charge in [-0.2, -0.15) is 0 Å². The molecule has 0 aromatic carbocycles. The summed E-state index contributed by atoms with van der Waals surface area (Å²) < 4.78 is 25.0. The van der Waals surface area contributed by atoms with E-state index in [1.807, 2.05) is 0 Å². The van der Waals surface area contributed by atoms with E-state index in [-0.39, 0.29) is 6.04 Å². The molecule has 0 saturated carbocycles. The first-order chi connectivity index (χ1) is 9.36. The van der Waals surface area contributed by atoms with Crippen LogP contribution in [-0.4, -0.2) is 62.6 Å². The summed E-state index contributed by atoms with van der Waals surface area (Å²) in [6.07, 6.45) is 5.90. The van der Waals surface area contributed by atoms with Crippen LogP contribution >= 0.6 is 0 Å². The molecule has 0 radical (unpaired) electrons. The Morgan fingerprint density at radius 1 is 1.20 bits per heavy atom. The predicted octanol–water partition coefficient (Wildman–Crippen LogP) is 0.717. The Morgan fingerprint density at radius 2 is 1.90 bits per heavy atom. The maximum absolute atomic E-state index is 11.7. The molecule has 2 fully saturated rings. The summed E-state index contributed by atoms with van der Waals surface area (Å²) >= 11 is 0. The zero-order chi connectivity index (χ0) is 14.8. The van der Waals surface area contributed by atoms with Crippen LogP contribution in [0.4, 0.5) is 0 Å². The van der Waals surface area contributed by atoms with Crippen molar-refractivity contribution in [1.82, 2.24) is 9.21 Å². The molecule has 5 nitrogen and oxygen atoms in total. The van der Waals surface area contributed by atoms with Gasteiger partial charge in [0.15, 0.2) is 0 Å². The molecule has 20 heavy (non-hydrogen) atoms. The number of nitrogens with two attached hydrogens (primary N) is 1. The van der Waals surface area contributed by atoms with E-state index in [9.17, 15) is 8.42 Å². The van der Waals surface area contributed by atoms with Gasteiger partial charge in [0.05, 0.1) is 6.26 Å². The summed E-state index contributed by atoms with van der Waals surface area (Å²) in [7, 11) is -3.03. The average molecular weight is 303 g/mol. The molecule has 0 spiro atoms. The van der Waals surface area contributed by atoms with Gasteiger partial charge in [0, 0.05) is 32.2 Å². The van der Waals surface area contributed by atoms with Gasteiger partial charge in [-0.3, -0.25) is 0 Å². The second-order valence-corrected chi connectivity index (χ2v) is 8.63. The van der Waals surface area contributed by atoms with Gasteiger partial charge in [0.25, 0.3) is 0 Å². The topological polar surface area (TPSA) is 66.6 Å². The quantitative estimate of drug-likeness (QED) is 0.831. The molecule has 118 valence electrons. The van der Waals surface area contributed by atoms with Crippen LogP contribution in [0.25, 0.3) is 0 Å². The highest BCUT2D eigenvalue weighted by Gasteiger charge is 2.29. The largest absolute Gasteiger partial charge is 0.328 e. The molecule has 0 bridgehead atoms. The Bertz CT molecular complexity index is 411. The Balaban J connectivity index is 1.86. The van der Waals surface area contributed by atoms with E-state index in [0.29, 0.717) is 24.9 Å². The monoisotopic (exact) mass is 303 g/mol. The number of likely N-dealkylation sites (tertiary alicyclic amines) is 1. The fourth-order valence-corrected chi connectivity index (χ4v) is 4.47. The standard InChI is InChI=1S/C14H29N3O2S/c1-12(15)14-6-4-7-16(11-14)9-13-5-3-8-17(10-13)20(2,18)19/h12-14H,3-11,15H2,1-2H3. The van der Waals surface area contributed by atoms with Crippen LogP contribution in [0, 0.1) is 11.8 Å². The van der Waals surface area contributed by atoms with Crippen LogP contribution in [0.3, 0.4) is 0 Å². The predicted molar refractivity (Wildman–Crippen MR) is 82.0 cm³/mol. The molecular weight excluding hydrogens is 274 g/mol. The summed E-state index contributed by atoms with van der Waals surface area (Å²) in [5.41, 5.74) is 6.03. The number of nitrogens with zero attached hydrogens (tertiary/aromatic N) is 2. The first-order valence-corrected chi connectivity index (χ1v) is 9.64. The lowest BCUT2D eigenvalue weighted by atomic mass is 9.90. The molecule has 2 N–H and O–H groups in total. The van der Waals surface area contributed by atoms with Crippen LogP contribution in [0.15, 0.2) is 0 Å². The summed E-state index contributed by atoms with van der Waals surface area (Å²) in [6.45, 7) is 6.72. The van der Waals surface area contributed by atoms with Crippen molar-refractivity contribution in [3.63, 3.8) is 0 Å². The number of rotatable bonds is 4. The van der Waals surface area contributed by atoms with Gasteiger partial charge in [-0.05, 0) is 51.0 Å². The van der Waals surface area contributed by atoms with E-state index in [4.69, 9.17) is 5.73 Å². The van der Waals surface area contributed by atoms with Gasteiger partial charge < -0.3 is 10.6 Å². The smallest absolute Gasteiger partial charge is 0.211 e. The number of piperidine rings is 2. The average Bonchev–Trinajstić information content (AvgIpc) is 2.38. The molecule has 2 aliphatic rings. The van der Waals surface area contributed by atoms with Crippen molar-refractivity contribution < 1.29 is 8.42 Å². The molecule has 0 aromatic heterocycles. The fraction of sp³-hybridized carbons (Fsp3) is 1.00. The first kappa shape index (κ1) is 16.2. The minimum absolute atomic E-state index is 0.261. The van der Waals surface area contributed by atoms with Gasteiger partial charge in [-0.1, -0.05) is 0 Å². The molecule has 0 aromatic rings. The van der Waals surface area contributed by atoms with Crippen molar-refractivity contribution in [1.29, 1.82) is 0 Å². The van der Waals surface area contributed by atoms with E-state index >= 15 is 0 Å². The molecule has 3 atom stereocenters. The van der Waals surface area contributed by atoms with Crippen LogP contribution < -0.4 is 5.73 Å². The van der Waals surface area contributed by atoms with E-state index in [0.717, 1.165) is 32.5 Å².